The van der Waals surface area contributed by atoms with Crippen molar-refractivity contribution in [2.24, 2.45) is 0 Å². The van der Waals surface area contributed by atoms with Crippen LogP contribution in [0.2, 0.25) is 0 Å². The lowest BCUT2D eigenvalue weighted by atomic mass is 9.97. The van der Waals surface area contributed by atoms with Crippen molar-refractivity contribution in [2.45, 2.75) is 19.5 Å². The maximum Gasteiger partial charge on any atom is 0.407 e. The lowest BCUT2D eigenvalue weighted by molar-refractivity contribution is 0.139. The Morgan fingerprint density at radius 1 is 1.23 bits per heavy atom. The molecule has 0 radical (unpaired) electrons. The highest BCUT2D eigenvalue weighted by Gasteiger charge is 2.26. The van der Waals surface area contributed by atoms with Crippen molar-refractivity contribution in [3.63, 3.8) is 0 Å². The van der Waals surface area contributed by atoms with Crippen LogP contribution >= 0.6 is 15.9 Å². The molecule has 0 saturated heterocycles. The van der Waals surface area contributed by atoms with Gasteiger partial charge in [-0.1, -0.05) is 28.1 Å². The molecule has 0 aliphatic carbocycles. The maximum absolute atomic E-state index is 13.2. The Balaban J connectivity index is 1.91. The molecular weight excluding hydrogens is 398 g/mol. The average Bonchev–Trinajstić information content (AvgIpc) is 2.64. The first-order chi connectivity index (χ1) is 12.5. The number of hydrogen-bond acceptors (Lipinski definition) is 3. The van der Waals surface area contributed by atoms with Crippen LogP contribution in [0.1, 0.15) is 16.7 Å². The van der Waals surface area contributed by atoms with Crippen LogP contribution in [-0.4, -0.2) is 32.2 Å². The quantitative estimate of drug-likeness (QED) is 0.699. The molecule has 1 N–H and O–H groups in total. The molecule has 1 aliphatic heterocycles. The molecule has 6 nitrogen and oxygen atoms in total. The molecule has 1 aliphatic rings. The molecule has 0 bridgehead atoms. The first-order valence-corrected chi connectivity index (χ1v) is 9.05. The minimum atomic E-state index is -1.00. The molecule has 0 spiro atoms. The van der Waals surface area contributed by atoms with Crippen LogP contribution in [0, 0.1) is 0 Å². The van der Waals surface area contributed by atoms with E-state index in [4.69, 9.17) is 0 Å². The number of aromatic nitrogens is 2. The van der Waals surface area contributed by atoms with E-state index in [2.05, 4.69) is 20.9 Å². The second-order valence-electron chi connectivity index (χ2n) is 6.31. The summed E-state index contributed by atoms with van der Waals surface area (Å²) in [5.41, 5.74) is 2.91. The zero-order valence-corrected chi connectivity index (χ0v) is 15.4. The van der Waals surface area contributed by atoms with E-state index < -0.39 is 6.09 Å². The van der Waals surface area contributed by atoms with E-state index in [1.165, 1.54) is 4.90 Å². The molecule has 132 valence electrons. The van der Waals surface area contributed by atoms with Gasteiger partial charge in [-0.05, 0) is 41.8 Å². The molecule has 0 atom stereocenters. The number of carbonyl (C=O) groups is 1. The first kappa shape index (κ1) is 16.8. The van der Waals surface area contributed by atoms with Gasteiger partial charge in [0.1, 0.15) is 5.65 Å². The normalized spacial score (nSPS) is 13.7. The first-order valence-electron chi connectivity index (χ1n) is 8.26. The highest BCUT2D eigenvalue weighted by atomic mass is 79.9. The van der Waals surface area contributed by atoms with Gasteiger partial charge >= 0.3 is 6.09 Å². The molecule has 26 heavy (non-hydrogen) atoms. The van der Waals surface area contributed by atoms with Crippen molar-refractivity contribution in [3.8, 4) is 0 Å². The summed E-state index contributed by atoms with van der Waals surface area (Å²) < 4.78 is 2.58. The van der Waals surface area contributed by atoms with Gasteiger partial charge in [0, 0.05) is 28.2 Å². The molecule has 0 fully saturated rings. The third kappa shape index (κ3) is 2.88. The second kappa shape index (κ2) is 6.57. The zero-order valence-electron chi connectivity index (χ0n) is 13.9. The molecule has 1 aromatic carbocycles. The summed E-state index contributed by atoms with van der Waals surface area (Å²) in [5, 5.41) is 10.2. The van der Waals surface area contributed by atoms with Gasteiger partial charge < -0.3 is 10.0 Å². The summed E-state index contributed by atoms with van der Waals surface area (Å²) in [6.45, 7) is 0.889. The topological polar surface area (TPSA) is 75.4 Å². The van der Waals surface area contributed by atoms with E-state index in [0.29, 0.717) is 30.7 Å². The minimum Gasteiger partial charge on any atom is -0.465 e. The summed E-state index contributed by atoms with van der Waals surface area (Å²) in [6, 6.07) is 11.6. The highest BCUT2D eigenvalue weighted by molar-refractivity contribution is 9.10. The number of benzene rings is 1. The second-order valence-corrected chi connectivity index (χ2v) is 7.22. The molecule has 7 heteroatoms. The Hall–Kier alpha value is -2.67. The number of pyridine rings is 2. The summed E-state index contributed by atoms with van der Waals surface area (Å²) in [6.07, 6.45) is 1.20. The van der Waals surface area contributed by atoms with Crippen LogP contribution in [0.25, 0.3) is 11.0 Å². The van der Waals surface area contributed by atoms with Gasteiger partial charge in [0.2, 0.25) is 0 Å². The molecule has 2 aromatic heterocycles. The van der Waals surface area contributed by atoms with Gasteiger partial charge in [-0.3, -0.25) is 9.36 Å². The van der Waals surface area contributed by atoms with E-state index in [1.807, 2.05) is 36.4 Å². The van der Waals surface area contributed by atoms with Crippen molar-refractivity contribution in [1.29, 1.82) is 0 Å². The van der Waals surface area contributed by atoms with Gasteiger partial charge in [0.25, 0.3) is 5.56 Å². The van der Waals surface area contributed by atoms with Crippen LogP contribution in [0.15, 0.2) is 51.9 Å². The fourth-order valence-corrected chi connectivity index (χ4v) is 3.94. The van der Waals surface area contributed by atoms with Gasteiger partial charge in [0.15, 0.2) is 0 Å². The molecule has 3 heterocycles. The van der Waals surface area contributed by atoms with Crippen molar-refractivity contribution in [3.05, 3.63) is 74.1 Å². The van der Waals surface area contributed by atoms with E-state index in [1.54, 1.807) is 10.8 Å². The van der Waals surface area contributed by atoms with Crippen LogP contribution in [0.5, 0.6) is 0 Å². The maximum atomic E-state index is 13.2. The molecule has 3 aromatic rings. The molecule has 4 rings (SSSR count). The lowest BCUT2D eigenvalue weighted by Gasteiger charge is -2.27. The Morgan fingerprint density at radius 3 is 2.85 bits per heavy atom. The minimum absolute atomic E-state index is 0.118. The standard InChI is InChI=1S/C19H16BrN3O3/c20-13-4-1-3-12(9-13)10-23-17-15(5-2-7-21-17)14-6-8-22(19(25)26)11-16(14)18(23)24/h1-5,7,9H,6,8,10-11H2,(H,25,26). The van der Waals surface area contributed by atoms with Crippen LogP contribution < -0.4 is 5.56 Å². The molecule has 0 saturated carbocycles. The fraction of sp³-hybridized carbons (Fsp3) is 0.211. The summed E-state index contributed by atoms with van der Waals surface area (Å²) in [4.78, 5) is 30.3. The average molecular weight is 414 g/mol. The number of fused-ring (bicyclic) bond motifs is 3. The third-order valence-electron chi connectivity index (χ3n) is 4.72. The summed E-state index contributed by atoms with van der Waals surface area (Å²) in [7, 11) is 0. The van der Waals surface area contributed by atoms with Crippen LogP contribution in [0.4, 0.5) is 4.79 Å². The van der Waals surface area contributed by atoms with Gasteiger partial charge in [-0.2, -0.15) is 0 Å². The number of halogens is 1. The van der Waals surface area contributed by atoms with Gasteiger partial charge in [0.05, 0.1) is 13.1 Å². The number of rotatable bonds is 2. The largest absolute Gasteiger partial charge is 0.465 e. The molecule has 0 unspecified atom stereocenters. The number of amides is 1. The lowest BCUT2D eigenvalue weighted by Crippen LogP contribution is -2.40. The van der Waals surface area contributed by atoms with Gasteiger partial charge in [-0.15, -0.1) is 0 Å². The number of nitrogens with zero attached hydrogens (tertiary/aromatic N) is 3. The number of hydrogen-bond donors (Lipinski definition) is 1. The van der Waals surface area contributed by atoms with E-state index >= 15 is 0 Å². The Morgan fingerprint density at radius 2 is 2.08 bits per heavy atom. The van der Waals surface area contributed by atoms with Gasteiger partial charge in [-0.25, -0.2) is 9.78 Å². The fourth-order valence-electron chi connectivity index (χ4n) is 3.49. The van der Waals surface area contributed by atoms with E-state index in [-0.39, 0.29) is 12.1 Å². The van der Waals surface area contributed by atoms with Crippen molar-refractivity contribution in [2.75, 3.05) is 6.54 Å². The molecule has 1 amide bonds. The Labute approximate surface area is 157 Å². The Bertz CT molecular complexity index is 1080. The van der Waals surface area contributed by atoms with Crippen molar-refractivity contribution < 1.29 is 9.90 Å². The smallest absolute Gasteiger partial charge is 0.407 e. The zero-order chi connectivity index (χ0) is 18.3. The van der Waals surface area contributed by atoms with Crippen molar-refractivity contribution in [1.82, 2.24) is 14.5 Å². The van der Waals surface area contributed by atoms with E-state index in [0.717, 1.165) is 21.0 Å². The Kier molecular flexibility index (Phi) is 4.24. The van der Waals surface area contributed by atoms with Crippen LogP contribution in [0.3, 0.4) is 0 Å². The SMILES string of the molecule is O=C(O)N1CCc2c(c(=O)n(Cc3cccc(Br)c3)c3ncccc23)C1. The van der Waals surface area contributed by atoms with E-state index in [9.17, 15) is 14.7 Å². The number of carboxylic acid groups (broad SMARTS) is 1. The molecular formula is C19H16BrN3O3. The summed E-state index contributed by atoms with van der Waals surface area (Å²) in [5.74, 6) is 0. The monoisotopic (exact) mass is 413 g/mol. The third-order valence-corrected chi connectivity index (χ3v) is 5.21. The van der Waals surface area contributed by atoms with Crippen LogP contribution in [-0.2, 0) is 19.5 Å². The predicted octanol–water partition coefficient (Wildman–Crippen LogP) is 3.24. The highest BCUT2D eigenvalue weighted by Crippen LogP contribution is 2.25. The summed E-state index contributed by atoms with van der Waals surface area (Å²) >= 11 is 3.45. The predicted molar refractivity (Wildman–Crippen MR) is 101 cm³/mol. The van der Waals surface area contributed by atoms with Crippen molar-refractivity contribution >= 4 is 33.1 Å².